The summed E-state index contributed by atoms with van der Waals surface area (Å²) in [5.41, 5.74) is 2.33. The van der Waals surface area contributed by atoms with Crippen LogP contribution in [0.3, 0.4) is 0 Å². The maximum absolute atomic E-state index is 12.1. The number of amides is 1. The number of methoxy groups -OCH3 is 1. The fourth-order valence-electron chi connectivity index (χ4n) is 3.43. The number of carbonyl (C=O) groups excluding carboxylic acids is 1. The van der Waals surface area contributed by atoms with Crippen LogP contribution < -0.4 is 15.0 Å². The molecule has 1 fully saturated rings. The van der Waals surface area contributed by atoms with Crippen molar-refractivity contribution in [2.45, 2.75) is 12.8 Å². The number of nitrogens with one attached hydrogen (secondary N) is 1. The number of benzene rings is 2. The van der Waals surface area contributed by atoms with E-state index in [9.17, 15) is 4.79 Å². The van der Waals surface area contributed by atoms with Crippen LogP contribution in [0.4, 0.5) is 5.69 Å². The molecule has 0 radical (unpaired) electrons. The lowest BCUT2D eigenvalue weighted by Gasteiger charge is -2.36. The first-order valence-corrected chi connectivity index (χ1v) is 10.1. The topological polar surface area (TPSA) is 44.8 Å². The first-order chi connectivity index (χ1) is 13.7. The highest BCUT2D eigenvalue weighted by atomic mass is 35.5. The minimum absolute atomic E-state index is 0.0786. The molecule has 1 heterocycles. The van der Waals surface area contributed by atoms with Crippen molar-refractivity contribution in [2.75, 3.05) is 51.3 Å². The molecular formula is C22H28ClN3O2. The molecule has 28 heavy (non-hydrogen) atoms. The standard InChI is InChI=1S/C22H28ClN3O2/c1-28-21-9-7-18(17-20(21)23)8-10-22(27)24-11-12-25-13-15-26(16-14-25)19-5-3-2-4-6-19/h2-7,9,17H,8,10-16H2,1H3,(H,24,27). The summed E-state index contributed by atoms with van der Waals surface area (Å²) in [5.74, 6) is 0.733. The van der Waals surface area contributed by atoms with E-state index in [0.29, 0.717) is 30.2 Å². The van der Waals surface area contributed by atoms with Crippen molar-refractivity contribution in [3.63, 3.8) is 0 Å². The number of carbonyl (C=O) groups is 1. The van der Waals surface area contributed by atoms with Crippen LogP contribution in [-0.4, -0.2) is 57.2 Å². The maximum atomic E-state index is 12.1. The number of hydrogen-bond acceptors (Lipinski definition) is 4. The average molecular weight is 402 g/mol. The highest BCUT2D eigenvalue weighted by Gasteiger charge is 2.16. The lowest BCUT2D eigenvalue weighted by Crippen LogP contribution is -2.48. The second-order valence-corrected chi connectivity index (χ2v) is 7.39. The Balaban J connectivity index is 1.32. The Morgan fingerprint density at radius 1 is 1.11 bits per heavy atom. The molecule has 1 saturated heterocycles. The first-order valence-electron chi connectivity index (χ1n) is 9.77. The Labute approximate surface area is 172 Å². The monoisotopic (exact) mass is 401 g/mol. The SMILES string of the molecule is COc1ccc(CCC(=O)NCCN2CCN(c3ccccc3)CC2)cc1Cl. The summed E-state index contributed by atoms with van der Waals surface area (Å²) in [5, 5.41) is 3.61. The lowest BCUT2D eigenvalue weighted by molar-refractivity contribution is -0.121. The van der Waals surface area contributed by atoms with E-state index in [1.807, 2.05) is 24.3 Å². The van der Waals surface area contributed by atoms with Gasteiger partial charge >= 0.3 is 0 Å². The first kappa shape index (κ1) is 20.5. The number of anilines is 1. The summed E-state index contributed by atoms with van der Waals surface area (Å²) < 4.78 is 5.15. The van der Waals surface area contributed by atoms with Gasteiger partial charge in [0.05, 0.1) is 12.1 Å². The molecule has 0 saturated carbocycles. The van der Waals surface area contributed by atoms with Crippen LogP contribution in [-0.2, 0) is 11.2 Å². The van der Waals surface area contributed by atoms with Gasteiger partial charge in [0.1, 0.15) is 5.75 Å². The third-order valence-corrected chi connectivity index (χ3v) is 5.40. The van der Waals surface area contributed by atoms with Crippen molar-refractivity contribution >= 4 is 23.2 Å². The fourth-order valence-corrected chi connectivity index (χ4v) is 3.71. The van der Waals surface area contributed by atoms with Crippen molar-refractivity contribution in [3.8, 4) is 5.75 Å². The number of rotatable bonds is 8. The minimum Gasteiger partial charge on any atom is -0.495 e. The molecular weight excluding hydrogens is 374 g/mol. The zero-order chi connectivity index (χ0) is 19.8. The number of ether oxygens (including phenoxy) is 1. The van der Waals surface area contributed by atoms with Crippen molar-refractivity contribution < 1.29 is 9.53 Å². The summed E-state index contributed by atoms with van der Waals surface area (Å²) in [6.45, 7) is 5.67. The average Bonchev–Trinajstić information content (AvgIpc) is 2.73. The van der Waals surface area contributed by atoms with Crippen molar-refractivity contribution in [1.29, 1.82) is 0 Å². The number of halogens is 1. The van der Waals surface area contributed by atoms with E-state index in [1.165, 1.54) is 5.69 Å². The van der Waals surface area contributed by atoms with Crippen LogP contribution in [0.15, 0.2) is 48.5 Å². The molecule has 6 heteroatoms. The largest absolute Gasteiger partial charge is 0.495 e. The number of piperazine rings is 1. The molecule has 0 spiro atoms. The van der Waals surface area contributed by atoms with E-state index in [1.54, 1.807) is 7.11 Å². The minimum atomic E-state index is 0.0786. The van der Waals surface area contributed by atoms with Gasteiger partial charge in [-0.3, -0.25) is 9.69 Å². The Hall–Kier alpha value is -2.24. The summed E-state index contributed by atoms with van der Waals surface area (Å²) in [7, 11) is 1.59. The smallest absolute Gasteiger partial charge is 0.220 e. The number of hydrogen-bond donors (Lipinski definition) is 1. The highest BCUT2D eigenvalue weighted by molar-refractivity contribution is 6.32. The predicted octanol–water partition coefficient (Wildman–Crippen LogP) is 3.22. The molecule has 1 N–H and O–H groups in total. The number of para-hydroxylation sites is 1. The Morgan fingerprint density at radius 2 is 1.86 bits per heavy atom. The van der Waals surface area contributed by atoms with Gasteiger partial charge in [0, 0.05) is 51.4 Å². The number of aryl methyl sites for hydroxylation is 1. The molecule has 5 nitrogen and oxygen atoms in total. The van der Waals surface area contributed by atoms with E-state index in [4.69, 9.17) is 16.3 Å². The summed E-state index contributed by atoms with van der Waals surface area (Å²) in [4.78, 5) is 16.9. The molecule has 2 aromatic carbocycles. The molecule has 0 atom stereocenters. The summed E-state index contributed by atoms with van der Waals surface area (Å²) in [6, 6.07) is 16.2. The molecule has 2 aromatic rings. The van der Waals surface area contributed by atoms with Gasteiger partial charge in [0.2, 0.25) is 5.91 Å². The van der Waals surface area contributed by atoms with E-state index < -0.39 is 0 Å². The second-order valence-electron chi connectivity index (χ2n) is 6.98. The van der Waals surface area contributed by atoms with Crippen LogP contribution >= 0.6 is 11.6 Å². The zero-order valence-electron chi connectivity index (χ0n) is 16.4. The summed E-state index contributed by atoms with van der Waals surface area (Å²) in [6.07, 6.45) is 1.13. The molecule has 0 aliphatic carbocycles. The second kappa shape index (κ2) is 10.3. The van der Waals surface area contributed by atoms with Gasteiger partial charge in [-0.05, 0) is 36.2 Å². The van der Waals surface area contributed by atoms with Crippen LogP contribution in [0, 0.1) is 0 Å². The van der Waals surface area contributed by atoms with E-state index >= 15 is 0 Å². The third-order valence-electron chi connectivity index (χ3n) is 5.10. The molecule has 0 unspecified atom stereocenters. The van der Waals surface area contributed by atoms with Gasteiger partial charge in [-0.2, -0.15) is 0 Å². The predicted molar refractivity (Wildman–Crippen MR) is 114 cm³/mol. The maximum Gasteiger partial charge on any atom is 0.220 e. The van der Waals surface area contributed by atoms with Gasteiger partial charge in [-0.1, -0.05) is 35.9 Å². The van der Waals surface area contributed by atoms with Crippen LogP contribution in [0.25, 0.3) is 0 Å². The molecule has 0 aromatic heterocycles. The van der Waals surface area contributed by atoms with Crippen molar-refractivity contribution in [1.82, 2.24) is 10.2 Å². The lowest BCUT2D eigenvalue weighted by atomic mass is 10.1. The number of nitrogens with zero attached hydrogens (tertiary/aromatic N) is 2. The highest BCUT2D eigenvalue weighted by Crippen LogP contribution is 2.25. The van der Waals surface area contributed by atoms with Crippen LogP contribution in [0.2, 0.25) is 5.02 Å². The van der Waals surface area contributed by atoms with Gasteiger partial charge in [0.25, 0.3) is 0 Å². The quantitative estimate of drug-likeness (QED) is 0.737. The zero-order valence-corrected chi connectivity index (χ0v) is 17.1. The molecule has 0 bridgehead atoms. The summed E-state index contributed by atoms with van der Waals surface area (Å²) >= 11 is 6.13. The van der Waals surface area contributed by atoms with E-state index in [2.05, 4.69) is 39.4 Å². The van der Waals surface area contributed by atoms with E-state index in [0.717, 1.165) is 38.3 Å². The van der Waals surface area contributed by atoms with Gasteiger partial charge in [0.15, 0.2) is 0 Å². The van der Waals surface area contributed by atoms with Gasteiger partial charge in [-0.25, -0.2) is 0 Å². The van der Waals surface area contributed by atoms with Crippen molar-refractivity contribution in [2.24, 2.45) is 0 Å². The third kappa shape index (κ3) is 5.88. The molecule has 1 aliphatic heterocycles. The van der Waals surface area contributed by atoms with Crippen LogP contribution in [0.5, 0.6) is 5.75 Å². The van der Waals surface area contributed by atoms with E-state index in [-0.39, 0.29) is 5.91 Å². The van der Waals surface area contributed by atoms with Crippen molar-refractivity contribution in [3.05, 3.63) is 59.1 Å². The Morgan fingerprint density at radius 3 is 2.54 bits per heavy atom. The molecule has 1 amide bonds. The molecule has 3 rings (SSSR count). The Kier molecular flexibility index (Phi) is 7.57. The van der Waals surface area contributed by atoms with Crippen LogP contribution in [0.1, 0.15) is 12.0 Å². The molecule has 1 aliphatic rings. The van der Waals surface area contributed by atoms with Gasteiger partial charge < -0.3 is 15.0 Å². The molecule has 150 valence electrons. The fraction of sp³-hybridized carbons (Fsp3) is 0.409. The van der Waals surface area contributed by atoms with Gasteiger partial charge in [-0.15, -0.1) is 0 Å². The normalized spacial score (nSPS) is 14.7. The Bertz CT molecular complexity index is 762.